The van der Waals surface area contributed by atoms with E-state index in [9.17, 15) is 0 Å². The highest BCUT2D eigenvalue weighted by atomic mass is 16.5. The smallest absolute Gasteiger partial charge is 0.0685 e. The van der Waals surface area contributed by atoms with Crippen molar-refractivity contribution in [2.75, 3.05) is 33.8 Å². The fourth-order valence-electron chi connectivity index (χ4n) is 3.98. The summed E-state index contributed by atoms with van der Waals surface area (Å²) in [6, 6.07) is 2.73. The van der Waals surface area contributed by atoms with E-state index in [-0.39, 0.29) is 5.60 Å². The van der Waals surface area contributed by atoms with Gasteiger partial charge in [0, 0.05) is 32.4 Å². The van der Waals surface area contributed by atoms with E-state index in [0.717, 1.165) is 26.2 Å². The molecule has 1 aromatic heterocycles. The summed E-state index contributed by atoms with van der Waals surface area (Å²) in [5.41, 5.74) is 1.56. The molecule has 0 unspecified atom stereocenters. The van der Waals surface area contributed by atoms with E-state index in [1.807, 2.05) is 13.2 Å². The first kappa shape index (κ1) is 16.0. The Morgan fingerprint density at radius 2 is 2.23 bits per heavy atom. The molecule has 22 heavy (non-hydrogen) atoms. The van der Waals surface area contributed by atoms with E-state index in [2.05, 4.69) is 33.1 Å². The van der Waals surface area contributed by atoms with Crippen LogP contribution in [0, 0.1) is 0 Å². The van der Waals surface area contributed by atoms with Gasteiger partial charge in [-0.25, -0.2) is 0 Å². The molecular formula is C17H30N4O. The van der Waals surface area contributed by atoms with Gasteiger partial charge < -0.3 is 10.1 Å². The third-order valence-corrected chi connectivity index (χ3v) is 5.32. The summed E-state index contributed by atoms with van der Waals surface area (Å²) in [4.78, 5) is 2.36. The van der Waals surface area contributed by atoms with Crippen LogP contribution < -0.4 is 5.32 Å². The molecule has 1 aromatic rings. The maximum absolute atomic E-state index is 6.04. The zero-order chi connectivity index (χ0) is 15.4. The number of likely N-dealkylation sites (N-methyl/N-ethyl adjacent to an activating group) is 2. The van der Waals surface area contributed by atoms with E-state index in [4.69, 9.17) is 4.74 Å². The van der Waals surface area contributed by atoms with Crippen LogP contribution in [0.4, 0.5) is 0 Å². The highest BCUT2D eigenvalue weighted by Gasteiger charge is 2.39. The average molecular weight is 306 g/mol. The first-order valence-corrected chi connectivity index (χ1v) is 8.72. The lowest BCUT2D eigenvalue weighted by molar-refractivity contribution is -0.0344. The van der Waals surface area contributed by atoms with Gasteiger partial charge in [0.2, 0.25) is 0 Å². The number of hydrogen-bond acceptors (Lipinski definition) is 4. The number of nitrogens with zero attached hydrogens (tertiary/aromatic N) is 3. The quantitative estimate of drug-likeness (QED) is 0.875. The molecule has 124 valence electrons. The van der Waals surface area contributed by atoms with Crippen LogP contribution in [-0.4, -0.2) is 54.1 Å². The molecule has 1 spiro atoms. The zero-order valence-electron chi connectivity index (χ0n) is 14.1. The fraction of sp³-hybridized carbons (Fsp3) is 0.824. The maximum Gasteiger partial charge on any atom is 0.0685 e. The van der Waals surface area contributed by atoms with Crippen LogP contribution in [0.25, 0.3) is 0 Å². The molecule has 1 N–H and O–H groups in total. The molecule has 2 aliphatic rings. The lowest BCUT2D eigenvalue weighted by Crippen LogP contribution is -2.35. The normalized spacial score (nSPS) is 28.8. The summed E-state index contributed by atoms with van der Waals surface area (Å²) >= 11 is 0. The van der Waals surface area contributed by atoms with E-state index in [1.165, 1.54) is 44.2 Å². The highest BCUT2D eigenvalue weighted by molar-refractivity contribution is 5.03. The lowest BCUT2D eigenvalue weighted by Gasteiger charge is -2.37. The Hall–Kier alpha value is -0.910. The van der Waals surface area contributed by atoms with Crippen molar-refractivity contribution in [3.8, 4) is 0 Å². The van der Waals surface area contributed by atoms with Gasteiger partial charge in [0.05, 0.1) is 17.3 Å². The molecule has 0 amide bonds. The third kappa shape index (κ3) is 3.53. The number of nitrogens with one attached hydrogen (secondary N) is 1. The summed E-state index contributed by atoms with van der Waals surface area (Å²) in [5.74, 6) is 0. The second-order valence-electron chi connectivity index (χ2n) is 6.97. The molecule has 1 saturated heterocycles. The minimum absolute atomic E-state index is 0.216. The molecule has 0 atom stereocenters. The van der Waals surface area contributed by atoms with Crippen molar-refractivity contribution in [2.45, 2.75) is 56.7 Å². The largest absolute Gasteiger partial charge is 0.375 e. The van der Waals surface area contributed by atoms with Gasteiger partial charge in [-0.1, -0.05) is 0 Å². The van der Waals surface area contributed by atoms with Crippen LogP contribution in [0.2, 0.25) is 0 Å². The topological polar surface area (TPSA) is 42.3 Å². The standard InChI is InChI=1S/C17H30N4O/c1-18-11-12-20(2)14-16-6-10-19-21(16)15-4-8-17(9-5-15)7-3-13-22-17/h6,10,15,18H,3-5,7-9,11-14H2,1-2H3. The monoisotopic (exact) mass is 306 g/mol. The number of rotatable bonds is 6. The average Bonchev–Trinajstić information content (AvgIpc) is 3.16. The Kier molecular flexibility index (Phi) is 5.16. The highest BCUT2D eigenvalue weighted by Crippen LogP contribution is 2.43. The first-order chi connectivity index (χ1) is 10.7. The molecular weight excluding hydrogens is 276 g/mol. The van der Waals surface area contributed by atoms with Gasteiger partial charge in [0.1, 0.15) is 0 Å². The summed E-state index contributed by atoms with van der Waals surface area (Å²) in [7, 11) is 4.18. The van der Waals surface area contributed by atoms with Gasteiger partial charge in [-0.3, -0.25) is 9.58 Å². The number of aromatic nitrogens is 2. The van der Waals surface area contributed by atoms with Crippen molar-refractivity contribution in [3.05, 3.63) is 18.0 Å². The predicted octanol–water partition coefficient (Wildman–Crippen LogP) is 2.20. The summed E-state index contributed by atoms with van der Waals surface area (Å²) in [6.45, 7) is 4.02. The van der Waals surface area contributed by atoms with Gasteiger partial charge in [-0.2, -0.15) is 5.10 Å². The lowest BCUT2D eigenvalue weighted by atomic mass is 9.80. The van der Waals surface area contributed by atoms with Gasteiger partial charge >= 0.3 is 0 Å². The van der Waals surface area contributed by atoms with Crippen molar-refractivity contribution in [2.24, 2.45) is 0 Å². The van der Waals surface area contributed by atoms with Crippen LogP contribution in [0.3, 0.4) is 0 Å². The second kappa shape index (κ2) is 7.11. The fourth-order valence-corrected chi connectivity index (χ4v) is 3.98. The number of ether oxygens (including phenoxy) is 1. The van der Waals surface area contributed by atoms with Gasteiger partial charge in [0.25, 0.3) is 0 Å². The Bertz CT molecular complexity index is 457. The Labute approximate surface area is 134 Å². The summed E-state index contributed by atoms with van der Waals surface area (Å²) in [5, 5.41) is 7.83. The van der Waals surface area contributed by atoms with Crippen molar-refractivity contribution in [1.29, 1.82) is 0 Å². The Balaban J connectivity index is 1.58. The molecule has 0 radical (unpaired) electrons. The summed E-state index contributed by atoms with van der Waals surface area (Å²) < 4.78 is 8.32. The van der Waals surface area contributed by atoms with E-state index >= 15 is 0 Å². The summed E-state index contributed by atoms with van der Waals surface area (Å²) in [6.07, 6.45) is 9.27. The van der Waals surface area contributed by atoms with Crippen LogP contribution in [0.5, 0.6) is 0 Å². The molecule has 2 fully saturated rings. The van der Waals surface area contributed by atoms with Crippen LogP contribution in [-0.2, 0) is 11.3 Å². The Morgan fingerprint density at radius 1 is 1.41 bits per heavy atom. The van der Waals surface area contributed by atoms with Gasteiger partial charge in [-0.05, 0) is 58.7 Å². The van der Waals surface area contributed by atoms with Crippen molar-refractivity contribution in [1.82, 2.24) is 20.0 Å². The van der Waals surface area contributed by atoms with Crippen molar-refractivity contribution < 1.29 is 4.74 Å². The Morgan fingerprint density at radius 3 is 2.91 bits per heavy atom. The van der Waals surface area contributed by atoms with Crippen molar-refractivity contribution in [3.63, 3.8) is 0 Å². The van der Waals surface area contributed by atoms with E-state index < -0.39 is 0 Å². The number of hydrogen-bond donors (Lipinski definition) is 1. The SMILES string of the molecule is CNCCN(C)Cc1ccnn1C1CCC2(CCCO2)CC1. The van der Waals surface area contributed by atoms with Gasteiger partial charge in [-0.15, -0.1) is 0 Å². The minimum Gasteiger partial charge on any atom is -0.375 e. The van der Waals surface area contributed by atoms with Gasteiger partial charge in [0.15, 0.2) is 0 Å². The molecule has 5 heteroatoms. The molecule has 2 heterocycles. The molecule has 0 aromatic carbocycles. The van der Waals surface area contributed by atoms with Crippen LogP contribution in [0.1, 0.15) is 50.3 Å². The third-order valence-electron chi connectivity index (χ3n) is 5.32. The van der Waals surface area contributed by atoms with Crippen molar-refractivity contribution >= 4 is 0 Å². The molecule has 5 nitrogen and oxygen atoms in total. The van der Waals surface area contributed by atoms with E-state index in [0.29, 0.717) is 6.04 Å². The first-order valence-electron chi connectivity index (χ1n) is 8.72. The molecule has 1 aliphatic carbocycles. The zero-order valence-corrected chi connectivity index (χ0v) is 14.1. The molecule has 3 rings (SSSR count). The van der Waals surface area contributed by atoms with Crippen LogP contribution in [0.15, 0.2) is 12.3 Å². The predicted molar refractivity (Wildman–Crippen MR) is 87.9 cm³/mol. The minimum atomic E-state index is 0.216. The molecule has 1 saturated carbocycles. The van der Waals surface area contributed by atoms with E-state index in [1.54, 1.807) is 0 Å². The maximum atomic E-state index is 6.04. The second-order valence-corrected chi connectivity index (χ2v) is 6.97. The molecule has 1 aliphatic heterocycles. The van der Waals surface area contributed by atoms with Crippen LogP contribution >= 0.6 is 0 Å². The molecule has 0 bridgehead atoms.